The van der Waals surface area contributed by atoms with E-state index in [1.807, 2.05) is 20.8 Å². The van der Waals surface area contributed by atoms with Crippen molar-refractivity contribution in [2.24, 2.45) is 0 Å². The van der Waals surface area contributed by atoms with Crippen molar-refractivity contribution >= 4 is 29.1 Å². The Bertz CT molecular complexity index is 1290. The van der Waals surface area contributed by atoms with Crippen LogP contribution < -0.4 is 9.47 Å². The second-order valence-corrected chi connectivity index (χ2v) is 10.6. The Balaban J connectivity index is 1.59. The van der Waals surface area contributed by atoms with E-state index in [1.54, 1.807) is 23.1 Å². The summed E-state index contributed by atoms with van der Waals surface area (Å²) in [5.74, 6) is 0.542. The first-order chi connectivity index (χ1) is 17.3. The lowest BCUT2D eigenvalue weighted by atomic mass is 9.92. The van der Waals surface area contributed by atoms with E-state index < -0.39 is 17.8 Å². The van der Waals surface area contributed by atoms with Gasteiger partial charge in [-0.25, -0.2) is 4.98 Å². The zero-order valence-electron chi connectivity index (χ0n) is 20.4. The molecule has 0 aliphatic carbocycles. The standard InChI is InChI=1S/C27H25Cl2F3N2O3/c1-26(2,3)37-21-7-9-24(33-13-21)36-15-20-11-18-10-19(27(30,31)32)6-4-17(18)14-34(20)25(35)16-5-8-22(28)23(29)12-16/h4-10,12-13,20H,11,14-15H2,1-3H3/t20-/m0/s1. The monoisotopic (exact) mass is 552 g/mol. The van der Waals surface area contributed by atoms with Gasteiger partial charge < -0.3 is 14.4 Å². The summed E-state index contributed by atoms with van der Waals surface area (Å²) in [6.07, 6.45) is -2.75. The van der Waals surface area contributed by atoms with Gasteiger partial charge in [0, 0.05) is 18.2 Å². The fourth-order valence-corrected chi connectivity index (χ4v) is 4.35. The lowest BCUT2D eigenvalue weighted by Gasteiger charge is -2.37. The van der Waals surface area contributed by atoms with Gasteiger partial charge in [0.2, 0.25) is 5.88 Å². The molecule has 1 amide bonds. The van der Waals surface area contributed by atoms with Gasteiger partial charge >= 0.3 is 6.18 Å². The minimum atomic E-state index is -4.46. The van der Waals surface area contributed by atoms with Crippen molar-refractivity contribution in [2.45, 2.75) is 51.6 Å². The topological polar surface area (TPSA) is 51.7 Å². The Morgan fingerprint density at radius 2 is 1.78 bits per heavy atom. The van der Waals surface area contributed by atoms with Crippen LogP contribution in [-0.2, 0) is 19.1 Å². The predicted molar refractivity (Wildman–Crippen MR) is 135 cm³/mol. The SMILES string of the molecule is CC(C)(C)Oc1ccc(OC[C@@H]2Cc3cc(C(F)(F)F)ccc3CN2C(=O)c2ccc(Cl)c(Cl)c2)nc1. The Kier molecular flexibility index (Phi) is 7.62. The molecule has 1 atom stereocenters. The van der Waals surface area contributed by atoms with Crippen LogP contribution in [0.3, 0.4) is 0 Å². The average molecular weight is 553 g/mol. The summed E-state index contributed by atoms with van der Waals surface area (Å²) < 4.78 is 51.6. The zero-order chi connectivity index (χ0) is 27.0. The van der Waals surface area contributed by atoms with Crippen molar-refractivity contribution in [2.75, 3.05) is 6.61 Å². The molecule has 0 bridgehead atoms. The number of carbonyl (C=O) groups is 1. The maximum Gasteiger partial charge on any atom is 0.416 e. The van der Waals surface area contributed by atoms with Crippen LogP contribution in [0.15, 0.2) is 54.7 Å². The largest absolute Gasteiger partial charge is 0.487 e. The molecular formula is C27H25Cl2F3N2O3. The Labute approximate surface area is 223 Å². The number of fused-ring (bicyclic) bond motifs is 1. The Hall–Kier alpha value is -2.97. The third-order valence-corrected chi connectivity index (χ3v) is 6.49. The molecule has 37 heavy (non-hydrogen) atoms. The summed E-state index contributed by atoms with van der Waals surface area (Å²) in [5, 5.41) is 0.543. The third kappa shape index (κ3) is 6.67. The molecule has 0 spiro atoms. The first-order valence-electron chi connectivity index (χ1n) is 11.5. The molecule has 0 radical (unpaired) electrons. The lowest BCUT2D eigenvalue weighted by molar-refractivity contribution is -0.137. The Morgan fingerprint density at radius 3 is 2.41 bits per heavy atom. The maximum absolute atomic E-state index is 13.5. The number of alkyl halides is 3. The molecule has 3 aromatic rings. The van der Waals surface area contributed by atoms with E-state index in [1.165, 1.54) is 24.4 Å². The molecule has 2 heterocycles. The van der Waals surface area contributed by atoms with Gasteiger partial charge in [-0.3, -0.25) is 4.79 Å². The van der Waals surface area contributed by atoms with Crippen LogP contribution in [0, 0.1) is 0 Å². The third-order valence-electron chi connectivity index (χ3n) is 5.75. The zero-order valence-corrected chi connectivity index (χ0v) is 21.9. The van der Waals surface area contributed by atoms with E-state index in [2.05, 4.69) is 4.98 Å². The van der Waals surface area contributed by atoms with Gasteiger partial charge in [0.25, 0.3) is 5.91 Å². The summed E-state index contributed by atoms with van der Waals surface area (Å²) in [7, 11) is 0. The minimum Gasteiger partial charge on any atom is -0.487 e. The molecule has 0 saturated carbocycles. The summed E-state index contributed by atoms with van der Waals surface area (Å²) in [5.41, 5.74) is 0.353. The number of hydrogen-bond donors (Lipinski definition) is 0. The van der Waals surface area contributed by atoms with Crippen molar-refractivity contribution in [1.82, 2.24) is 9.88 Å². The van der Waals surface area contributed by atoms with Crippen LogP contribution in [0.4, 0.5) is 13.2 Å². The molecule has 5 nitrogen and oxygen atoms in total. The number of amides is 1. The van der Waals surface area contributed by atoms with E-state index in [4.69, 9.17) is 32.7 Å². The molecule has 0 saturated heterocycles. The van der Waals surface area contributed by atoms with Crippen molar-refractivity contribution in [1.29, 1.82) is 0 Å². The van der Waals surface area contributed by atoms with Crippen molar-refractivity contribution in [3.05, 3.63) is 87.0 Å². The predicted octanol–water partition coefficient (Wildman–Crippen LogP) is 7.23. The van der Waals surface area contributed by atoms with Crippen LogP contribution in [0.5, 0.6) is 11.6 Å². The number of nitrogens with zero attached hydrogens (tertiary/aromatic N) is 2. The number of rotatable bonds is 5. The highest BCUT2D eigenvalue weighted by Gasteiger charge is 2.35. The normalized spacial score (nSPS) is 15.8. The summed E-state index contributed by atoms with van der Waals surface area (Å²) in [6.45, 7) is 5.90. The molecular weight excluding hydrogens is 528 g/mol. The fourth-order valence-electron chi connectivity index (χ4n) is 4.05. The number of hydrogen-bond acceptors (Lipinski definition) is 4. The van der Waals surface area contributed by atoms with Gasteiger partial charge in [0.1, 0.15) is 18.0 Å². The van der Waals surface area contributed by atoms with Gasteiger partial charge in [-0.1, -0.05) is 29.3 Å². The van der Waals surface area contributed by atoms with Crippen LogP contribution in [0.25, 0.3) is 0 Å². The van der Waals surface area contributed by atoms with Crippen molar-refractivity contribution in [3.8, 4) is 11.6 Å². The van der Waals surface area contributed by atoms with Gasteiger partial charge in [0.05, 0.1) is 27.8 Å². The van der Waals surface area contributed by atoms with Gasteiger partial charge in [-0.05, 0) is 74.7 Å². The number of aromatic nitrogens is 1. The number of carbonyl (C=O) groups excluding carboxylic acids is 1. The first-order valence-corrected chi connectivity index (χ1v) is 12.3. The quantitative estimate of drug-likeness (QED) is 0.335. The molecule has 10 heteroatoms. The highest BCUT2D eigenvalue weighted by Crippen LogP contribution is 2.34. The minimum absolute atomic E-state index is 0.0230. The molecule has 2 aromatic carbocycles. The summed E-state index contributed by atoms with van der Waals surface area (Å²) >= 11 is 12.1. The van der Waals surface area contributed by atoms with Crippen molar-refractivity contribution < 1.29 is 27.4 Å². The molecule has 1 aliphatic rings. The van der Waals surface area contributed by atoms with E-state index >= 15 is 0 Å². The van der Waals surface area contributed by atoms with Crippen molar-refractivity contribution in [3.63, 3.8) is 0 Å². The second-order valence-electron chi connectivity index (χ2n) is 9.76. The lowest BCUT2D eigenvalue weighted by Crippen LogP contribution is -2.47. The number of pyridine rings is 1. The van der Waals surface area contributed by atoms with E-state index in [0.29, 0.717) is 33.3 Å². The van der Waals surface area contributed by atoms with Crippen LogP contribution in [0.1, 0.15) is 47.8 Å². The number of benzene rings is 2. The summed E-state index contributed by atoms with van der Waals surface area (Å²) in [6, 6.07) is 11.0. The van der Waals surface area contributed by atoms with E-state index in [-0.39, 0.29) is 36.1 Å². The molecule has 0 unspecified atom stereocenters. The molecule has 196 valence electrons. The number of ether oxygens (including phenoxy) is 2. The molecule has 4 rings (SSSR count). The van der Waals surface area contributed by atoms with E-state index in [0.717, 1.165) is 12.1 Å². The number of halogens is 5. The molecule has 1 aromatic heterocycles. The summed E-state index contributed by atoms with van der Waals surface area (Å²) in [4.78, 5) is 19.3. The molecule has 1 aliphatic heterocycles. The smallest absolute Gasteiger partial charge is 0.416 e. The molecule has 0 N–H and O–H groups in total. The highest BCUT2D eigenvalue weighted by atomic mass is 35.5. The average Bonchev–Trinajstić information content (AvgIpc) is 2.82. The Morgan fingerprint density at radius 1 is 1.03 bits per heavy atom. The second kappa shape index (κ2) is 10.4. The van der Waals surface area contributed by atoms with Crippen LogP contribution in [0.2, 0.25) is 10.0 Å². The van der Waals surface area contributed by atoms with Crippen LogP contribution in [-0.4, -0.2) is 34.0 Å². The maximum atomic E-state index is 13.5. The molecule has 0 fully saturated rings. The van der Waals surface area contributed by atoms with E-state index in [9.17, 15) is 18.0 Å². The fraction of sp³-hybridized carbons (Fsp3) is 0.333. The highest BCUT2D eigenvalue weighted by molar-refractivity contribution is 6.42. The van der Waals surface area contributed by atoms with Gasteiger partial charge in [-0.15, -0.1) is 0 Å². The van der Waals surface area contributed by atoms with Crippen LogP contribution >= 0.6 is 23.2 Å². The van der Waals surface area contributed by atoms with Gasteiger partial charge in [-0.2, -0.15) is 13.2 Å². The first kappa shape index (κ1) is 27.1. The van der Waals surface area contributed by atoms with Gasteiger partial charge in [0.15, 0.2) is 0 Å².